The molecular formula is C17H27N3O3. The van der Waals surface area contributed by atoms with Crippen LogP contribution in [0, 0.1) is 5.92 Å². The van der Waals surface area contributed by atoms with E-state index in [2.05, 4.69) is 10.6 Å². The summed E-state index contributed by atoms with van der Waals surface area (Å²) in [6, 6.07) is 6.72. The first kappa shape index (κ1) is 19.0. The van der Waals surface area contributed by atoms with Gasteiger partial charge in [0.1, 0.15) is 5.75 Å². The van der Waals surface area contributed by atoms with Crippen molar-refractivity contribution in [1.29, 1.82) is 0 Å². The van der Waals surface area contributed by atoms with E-state index in [0.29, 0.717) is 6.61 Å². The normalized spacial score (nSPS) is 13.3. The van der Waals surface area contributed by atoms with Crippen molar-refractivity contribution in [2.75, 3.05) is 13.2 Å². The van der Waals surface area contributed by atoms with Crippen LogP contribution in [0.15, 0.2) is 24.3 Å². The van der Waals surface area contributed by atoms with Crippen molar-refractivity contribution >= 4 is 11.8 Å². The molecule has 0 saturated carbocycles. The van der Waals surface area contributed by atoms with Gasteiger partial charge in [-0.05, 0) is 25.8 Å². The molecule has 0 spiro atoms. The number of hydrogen-bond donors (Lipinski definition) is 3. The Morgan fingerprint density at radius 1 is 1.22 bits per heavy atom. The van der Waals surface area contributed by atoms with E-state index in [4.69, 9.17) is 10.5 Å². The Morgan fingerprint density at radius 2 is 1.87 bits per heavy atom. The lowest BCUT2D eigenvalue weighted by Gasteiger charge is -2.19. The summed E-state index contributed by atoms with van der Waals surface area (Å²) in [5.74, 6) is 0.175. The van der Waals surface area contributed by atoms with Gasteiger partial charge in [-0.15, -0.1) is 0 Å². The van der Waals surface area contributed by atoms with Gasteiger partial charge >= 0.3 is 0 Å². The van der Waals surface area contributed by atoms with E-state index >= 15 is 0 Å². The van der Waals surface area contributed by atoms with Crippen molar-refractivity contribution in [1.82, 2.24) is 10.6 Å². The molecule has 128 valence electrons. The second-order valence-electron chi connectivity index (χ2n) is 5.75. The van der Waals surface area contributed by atoms with Gasteiger partial charge in [0.2, 0.25) is 11.8 Å². The summed E-state index contributed by atoms with van der Waals surface area (Å²) < 4.78 is 5.56. The Kier molecular flexibility index (Phi) is 7.54. The number of carbonyl (C=O) groups is 2. The van der Waals surface area contributed by atoms with Gasteiger partial charge in [-0.25, -0.2) is 0 Å². The number of nitrogens with two attached hydrogens (primary N) is 1. The number of ether oxygens (including phenoxy) is 1. The maximum absolute atomic E-state index is 12.0. The fourth-order valence-electron chi connectivity index (χ4n) is 2.08. The summed E-state index contributed by atoms with van der Waals surface area (Å²) >= 11 is 0. The molecule has 0 saturated heterocycles. The average molecular weight is 321 g/mol. The van der Waals surface area contributed by atoms with E-state index < -0.39 is 6.04 Å². The van der Waals surface area contributed by atoms with Gasteiger partial charge < -0.3 is 21.1 Å². The van der Waals surface area contributed by atoms with E-state index in [1.807, 2.05) is 52.0 Å². The molecule has 2 amide bonds. The molecule has 4 N–H and O–H groups in total. The largest absolute Gasteiger partial charge is 0.494 e. The lowest BCUT2D eigenvalue weighted by atomic mass is 10.1. The van der Waals surface area contributed by atoms with Crippen molar-refractivity contribution in [3.05, 3.63) is 29.8 Å². The van der Waals surface area contributed by atoms with Gasteiger partial charge in [0.25, 0.3) is 0 Å². The van der Waals surface area contributed by atoms with Crippen molar-refractivity contribution < 1.29 is 14.3 Å². The lowest BCUT2D eigenvalue weighted by Crippen LogP contribution is -2.47. The molecule has 0 radical (unpaired) electrons. The zero-order chi connectivity index (χ0) is 17.4. The molecule has 0 heterocycles. The van der Waals surface area contributed by atoms with E-state index in [1.54, 1.807) is 0 Å². The zero-order valence-electron chi connectivity index (χ0n) is 14.3. The Hall–Kier alpha value is -2.08. The Bertz CT molecular complexity index is 532. The van der Waals surface area contributed by atoms with E-state index in [-0.39, 0.29) is 30.3 Å². The summed E-state index contributed by atoms with van der Waals surface area (Å²) in [5, 5.41) is 5.40. The van der Waals surface area contributed by atoms with Crippen molar-refractivity contribution in [2.24, 2.45) is 11.7 Å². The first-order chi connectivity index (χ1) is 10.9. The fourth-order valence-corrected chi connectivity index (χ4v) is 2.08. The fraction of sp³-hybridized carbons (Fsp3) is 0.529. The average Bonchev–Trinajstić information content (AvgIpc) is 2.52. The second kappa shape index (κ2) is 9.15. The Balaban J connectivity index is 2.56. The third kappa shape index (κ3) is 5.90. The molecule has 0 bridgehead atoms. The van der Waals surface area contributed by atoms with Crippen molar-refractivity contribution in [3.8, 4) is 5.75 Å². The molecule has 0 aliphatic heterocycles. The third-order valence-corrected chi connectivity index (χ3v) is 3.51. The van der Waals surface area contributed by atoms with Gasteiger partial charge in [-0.1, -0.05) is 32.0 Å². The van der Waals surface area contributed by atoms with Crippen LogP contribution in [0.25, 0.3) is 0 Å². The number of carbonyl (C=O) groups excluding carboxylic acids is 2. The Labute approximate surface area is 137 Å². The predicted molar refractivity (Wildman–Crippen MR) is 90.0 cm³/mol. The summed E-state index contributed by atoms with van der Waals surface area (Å²) in [6.07, 6.45) is 0. The monoisotopic (exact) mass is 321 g/mol. The SMILES string of the molecule is CCOc1ccccc1C(C)NC(=O)CNC(=O)[C@@H](N)C(C)C. The first-order valence-corrected chi connectivity index (χ1v) is 7.91. The number of hydrogen-bond acceptors (Lipinski definition) is 4. The number of amides is 2. The van der Waals surface area contributed by atoms with Crippen LogP contribution in [0.1, 0.15) is 39.3 Å². The highest BCUT2D eigenvalue weighted by Gasteiger charge is 2.19. The molecule has 2 atom stereocenters. The quantitative estimate of drug-likeness (QED) is 0.674. The van der Waals surface area contributed by atoms with Crippen LogP contribution in [-0.4, -0.2) is 31.0 Å². The number of para-hydroxylation sites is 1. The molecule has 1 unspecified atom stereocenters. The maximum Gasteiger partial charge on any atom is 0.239 e. The van der Waals surface area contributed by atoms with Gasteiger partial charge in [0.15, 0.2) is 0 Å². The van der Waals surface area contributed by atoms with Crippen LogP contribution < -0.4 is 21.1 Å². The highest BCUT2D eigenvalue weighted by atomic mass is 16.5. The third-order valence-electron chi connectivity index (χ3n) is 3.51. The van der Waals surface area contributed by atoms with Crippen LogP contribution in [-0.2, 0) is 9.59 Å². The molecule has 0 aromatic heterocycles. The van der Waals surface area contributed by atoms with Crippen molar-refractivity contribution in [3.63, 3.8) is 0 Å². The van der Waals surface area contributed by atoms with Crippen LogP contribution in [0.4, 0.5) is 0 Å². The van der Waals surface area contributed by atoms with Crippen LogP contribution >= 0.6 is 0 Å². The zero-order valence-corrected chi connectivity index (χ0v) is 14.3. The van der Waals surface area contributed by atoms with Gasteiger partial charge in [-0.2, -0.15) is 0 Å². The van der Waals surface area contributed by atoms with Gasteiger partial charge in [0.05, 0.1) is 25.2 Å². The molecule has 1 aromatic carbocycles. The highest BCUT2D eigenvalue weighted by molar-refractivity contribution is 5.87. The van der Waals surface area contributed by atoms with E-state index in [0.717, 1.165) is 11.3 Å². The number of benzene rings is 1. The summed E-state index contributed by atoms with van der Waals surface area (Å²) in [7, 11) is 0. The molecule has 1 aromatic rings. The molecule has 23 heavy (non-hydrogen) atoms. The van der Waals surface area contributed by atoms with E-state index in [9.17, 15) is 9.59 Å². The molecule has 6 heteroatoms. The minimum atomic E-state index is -0.612. The first-order valence-electron chi connectivity index (χ1n) is 7.91. The standard InChI is InChI=1S/C17H27N3O3/c1-5-23-14-9-7-6-8-13(14)12(4)20-15(21)10-19-17(22)16(18)11(2)3/h6-9,11-12,16H,5,10,18H2,1-4H3,(H,19,22)(H,20,21)/t12?,16-/m0/s1. The number of nitrogens with one attached hydrogen (secondary N) is 2. The van der Waals surface area contributed by atoms with Crippen molar-refractivity contribution in [2.45, 2.75) is 39.8 Å². The summed E-state index contributed by atoms with van der Waals surface area (Å²) in [4.78, 5) is 23.7. The highest BCUT2D eigenvalue weighted by Crippen LogP contribution is 2.24. The van der Waals surface area contributed by atoms with Crippen LogP contribution in [0.2, 0.25) is 0 Å². The molecule has 0 aliphatic rings. The summed E-state index contributed by atoms with van der Waals surface area (Å²) in [6.45, 7) is 7.96. The van der Waals surface area contributed by atoms with Crippen LogP contribution in [0.5, 0.6) is 5.75 Å². The number of rotatable bonds is 8. The smallest absolute Gasteiger partial charge is 0.239 e. The molecule has 6 nitrogen and oxygen atoms in total. The molecule has 1 rings (SSSR count). The van der Waals surface area contributed by atoms with Gasteiger partial charge in [-0.3, -0.25) is 9.59 Å². The topological polar surface area (TPSA) is 93.5 Å². The molecular weight excluding hydrogens is 294 g/mol. The van der Waals surface area contributed by atoms with Crippen LogP contribution in [0.3, 0.4) is 0 Å². The Morgan fingerprint density at radius 3 is 2.48 bits per heavy atom. The van der Waals surface area contributed by atoms with E-state index in [1.165, 1.54) is 0 Å². The van der Waals surface area contributed by atoms with Gasteiger partial charge in [0, 0.05) is 5.56 Å². The second-order valence-corrected chi connectivity index (χ2v) is 5.75. The lowest BCUT2D eigenvalue weighted by molar-refractivity contribution is -0.127. The maximum atomic E-state index is 12.0. The predicted octanol–water partition coefficient (Wildman–Crippen LogP) is 1.36. The minimum Gasteiger partial charge on any atom is -0.494 e. The minimum absolute atomic E-state index is 0.0232. The summed E-state index contributed by atoms with van der Waals surface area (Å²) in [5.41, 5.74) is 6.63. The molecule has 0 aliphatic carbocycles. The molecule has 0 fully saturated rings.